The van der Waals surface area contributed by atoms with E-state index in [-0.39, 0.29) is 11.7 Å². The Morgan fingerprint density at radius 1 is 1.24 bits per heavy atom. The average Bonchev–Trinajstić information content (AvgIpc) is 2.45. The summed E-state index contributed by atoms with van der Waals surface area (Å²) in [7, 11) is 0. The van der Waals surface area contributed by atoms with Crippen LogP contribution in [0.3, 0.4) is 0 Å². The van der Waals surface area contributed by atoms with Crippen molar-refractivity contribution in [3.8, 4) is 0 Å². The summed E-state index contributed by atoms with van der Waals surface area (Å²) in [6.45, 7) is 2.01. The molecule has 1 atom stereocenters. The molecule has 0 aliphatic heterocycles. The van der Waals surface area contributed by atoms with Crippen LogP contribution in [0.25, 0.3) is 0 Å². The molecule has 0 aliphatic rings. The van der Waals surface area contributed by atoms with E-state index in [1.165, 1.54) is 12.1 Å². The molecule has 1 N–H and O–H groups in total. The first-order chi connectivity index (χ1) is 10.0. The first kappa shape index (κ1) is 15.6. The Bertz CT molecular complexity index is 662. The number of hydrogen-bond donors (Lipinski definition) is 1. The molecule has 0 bridgehead atoms. The van der Waals surface area contributed by atoms with Crippen molar-refractivity contribution in [1.29, 1.82) is 0 Å². The maximum absolute atomic E-state index is 10.8. The Hall–Kier alpha value is -1.78. The number of hydrogen-bond acceptors (Lipinski definition) is 3. The second-order valence-electron chi connectivity index (χ2n) is 4.58. The van der Waals surface area contributed by atoms with Gasteiger partial charge in [0.15, 0.2) is 0 Å². The van der Waals surface area contributed by atoms with Crippen molar-refractivity contribution in [3.63, 3.8) is 0 Å². The molecule has 0 saturated carbocycles. The number of rotatable bonds is 5. The zero-order chi connectivity index (χ0) is 15.4. The van der Waals surface area contributed by atoms with Gasteiger partial charge in [-0.15, -0.1) is 0 Å². The molecular weight excluding hydrogens is 311 g/mol. The second-order valence-corrected chi connectivity index (χ2v) is 5.42. The molecule has 0 amide bonds. The van der Waals surface area contributed by atoms with Crippen LogP contribution in [-0.2, 0) is 0 Å². The minimum atomic E-state index is -0.415. The molecule has 0 aromatic heterocycles. The van der Waals surface area contributed by atoms with Gasteiger partial charge in [0.05, 0.1) is 11.0 Å². The van der Waals surface area contributed by atoms with Gasteiger partial charge in [-0.25, -0.2) is 0 Å². The lowest BCUT2D eigenvalue weighted by Gasteiger charge is -2.20. The van der Waals surface area contributed by atoms with Gasteiger partial charge in [-0.2, -0.15) is 0 Å². The maximum atomic E-state index is 10.8. The van der Waals surface area contributed by atoms with Crippen molar-refractivity contribution in [1.82, 2.24) is 0 Å². The highest BCUT2D eigenvalue weighted by atomic mass is 35.5. The Balaban J connectivity index is 2.26. The van der Waals surface area contributed by atoms with Crippen molar-refractivity contribution in [2.45, 2.75) is 19.4 Å². The summed E-state index contributed by atoms with van der Waals surface area (Å²) in [6.07, 6.45) is 0.782. The van der Waals surface area contributed by atoms with Crippen LogP contribution in [0.1, 0.15) is 24.9 Å². The van der Waals surface area contributed by atoms with Crippen LogP contribution >= 0.6 is 23.2 Å². The number of non-ortho nitro benzene ring substituents is 1. The van der Waals surface area contributed by atoms with Gasteiger partial charge >= 0.3 is 0 Å². The molecule has 110 valence electrons. The molecule has 2 aromatic rings. The predicted molar refractivity (Wildman–Crippen MR) is 86.2 cm³/mol. The van der Waals surface area contributed by atoms with Gasteiger partial charge in [-0.1, -0.05) is 42.3 Å². The molecule has 2 aromatic carbocycles. The van der Waals surface area contributed by atoms with Crippen molar-refractivity contribution >= 4 is 34.6 Å². The Morgan fingerprint density at radius 3 is 2.62 bits per heavy atom. The molecular formula is C15H14Cl2N2O2. The van der Waals surface area contributed by atoms with E-state index in [0.717, 1.165) is 12.0 Å². The van der Waals surface area contributed by atoms with Gasteiger partial charge in [-0.3, -0.25) is 10.1 Å². The van der Waals surface area contributed by atoms with Gasteiger partial charge in [0, 0.05) is 27.9 Å². The zero-order valence-corrected chi connectivity index (χ0v) is 12.9. The van der Waals surface area contributed by atoms with Crippen LogP contribution in [0.15, 0.2) is 42.5 Å². The fourth-order valence-electron chi connectivity index (χ4n) is 2.09. The van der Waals surface area contributed by atoms with E-state index in [2.05, 4.69) is 5.32 Å². The smallest absolute Gasteiger partial charge is 0.271 e. The first-order valence-corrected chi connectivity index (χ1v) is 7.22. The number of nitrogens with one attached hydrogen (secondary N) is 1. The summed E-state index contributed by atoms with van der Waals surface area (Å²) < 4.78 is 0. The Kier molecular flexibility index (Phi) is 5.04. The SMILES string of the molecule is CCC(Nc1cccc([N+](=O)[O-])c1)c1ccc(Cl)cc1Cl. The monoisotopic (exact) mass is 324 g/mol. The molecule has 0 spiro atoms. The van der Waals surface area contributed by atoms with Crippen LogP contribution in [-0.4, -0.2) is 4.92 Å². The van der Waals surface area contributed by atoms with Crippen LogP contribution in [0.4, 0.5) is 11.4 Å². The van der Waals surface area contributed by atoms with Crippen molar-refractivity contribution < 1.29 is 4.92 Å². The van der Waals surface area contributed by atoms with E-state index in [0.29, 0.717) is 15.7 Å². The number of anilines is 1. The quantitative estimate of drug-likeness (QED) is 0.586. The molecule has 0 aliphatic carbocycles. The molecule has 0 heterocycles. The van der Waals surface area contributed by atoms with Crippen LogP contribution < -0.4 is 5.32 Å². The first-order valence-electron chi connectivity index (χ1n) is 6.47. The van der Waals surface area contributed by atoms with Crippen LogP contribution in [0.2, 0.25) is 10.0 Å². The van der Waals surface area contributed by atoms with Gasteiger partial charge < -0.3 is 5.32 Å². The van der Waals surface area contributed by atoms with E-state index in [1.54, 1.807) is 24.3 Å². The van der Waals surface area contributed by atoms with Crippen LogP contribution in [0, 0.1) is 10.1 Å². The third kappa shape index (κ3) is 3.86. The summed E-state index contributed by atoms with van der Waals surface area (Å²) in [4.78, 5) is 10.4. The summed E-state index contributed by atoms with van der Waals surface area (Å²) >= 11 is 12.1. The summed E-state index contributed by atoms with van der Waals surface area (Å²) in [5.74, 6) is 0. The molecule has 6 heteroatoms. The van der Waals surface area contributed by atoms with Crippen molar-refractivity contribution in [2.75, 3.05) is 5.32 Å². The normalized spacial score (nSPS) is 12.0. The number of nitro groups is 1. The van der Waals surface area contributed by atoms with Gasteiger partial charge in [-0.05, 0) is 30.2 Å². The maximum Gasteiger partial charge on any atom is 0.271 e. The minimum absolute atomic E-state index is 0.0447. The third-order valence-electron chi connectivity index (χ3n) is 3.14. The van der Waals surface area contributed by atoms with E-state index in [9.17, 15) is 10.1 Å². The van der Waals surface area contributed by atoms with Crippen molar-refractivity contribution in [3.05, 3.63) is 68.2 Å². The Morgan fingerprint density at radius 2 is 2.00 bits per heavy atom. The standard InChI is InChI=1S/C15H14Cl2N2O2/c1-2-15(13-7-6-10(16)8-14(13)17)18-11-4-3-5-12(9-11)19(20)21/h3-9,15,18H,2H2,1H3. The second kappa shape index (κ2) is 6.78. The molecule has 0 radical (unpaired) electrons. The van der Waals surface area contributed by atoms with E-state index >= 15 is 0 Å². The van der Waals surface area contributed by atoms with Gasteiger partial charge in [0.25, 0.3) is 5.69 Å². The Labute approximate surface area is 132 Å². The third-order valence-corrected chi connectivity index (χ3v) is 3.71. The van der Waals surface area contributed by atoms with E-state index < -0.39 is 4.92 Å². The fraction of sp³-hybridized carbons (Fsp3) is 0.200. The van der Waals surface area contributed by atoms with Crippen molar-refractivity contribution in [2.24, 2.45) is 0 Å². The van der Waals surface area contributed by atoms with E-state index in [1.807, 2.05) is 13.0 Å². The lowest BCUT2D eigenvalue weighted by Crippen LogP contribution is -2.10. The molecule has 1 unspecified atom stereocenters. The molecule has 2 rings (SSSR count). The summed E-state index contributed by atoms with van der Waals surface area (Å²) in [6, 6.07) is 11.7. The highest BCUT2D eigenvalue weighted by Crippen LogP contribution is 2.31. The van der Waals surface area contributed by atoms with Crippen LogP contribution in [0.5, 0.6) is 0 Å². The molecule has 21 heavy (non-hydrogen) atoms. The average molecular weight is 325 g/mol. The lowest BCUT2D eigenvalue weighted by atomic mass is 10.0. The zero-order valence-electron chi connectivity index (χ0n) is 11.3. The predicted octanol–water partition coefficient (Wildman–Crippen LogP) is 5.46. The molecule has 0 fully saturated rings. The van der Waals surface area contributed by atoms with Gasteiger partial charge in [0.2, 0.25) is 0 Å². The highest BCUT2D eigenvalue weighted by molar-refractivity contribution is 6.35. The fourth-order valence-corrected chi connectivity index (χ4v) is 2.63. The highest BCUT2D eigenvalue weighted by Gasteiger charge is 2.14. The number of halogens is 2. The summed E-state index contributed by atoms with van der Waals surface area (Å²) in [5, 5.41) is 15.2. The van der Waals surface area contributed by atoms with E-state index in [4.69, 9.17) is 23.2 Å². The lowest BCUT2D eigenvalue weighted by molar-refractivity contribution is -0.384. The summed E-state index contributed by atoms with van der Waals surface area (Å²) in [5.41, 5.74) is 1.65. The molecule has 0 saturated heterocycles. The number of nitro benzene ring substituents is 1. The van der Waals surface area contributed by atoms with Gasteiger partial charge in [0.1, 0.15) is 0 Å². The number of nitrogens with zero attached hydrogens (tertiary/aromatic N) is 1. The number of benzene rings is 2. The minimum Gasteiger partial charge on any atom is -0.378 e. The largest absolute Gasteiger partial charge is 0.378 e. The topological polar surface area (TPSA) is 55.2 Å². The molecule has 4 nitrogen and oxygen atoms in total.